The zero-order valence-electron chi connectivity index (χ0n) is 11.1. The van der Waals surface area contributed by atoms with Crippen LogP contribution in [-0.4, -0.2) is 27.0 Å². The van der Waals surface area contributed by atoms with Crippen molar-refractivity contribution in [2.45, 2.75) is 52.3 Å². The minimum Gasteiger partial charge on any atom is -0.282 e. The molecule has 4 nitrogen and oxygen atoms in total. The summed E-state index contributed by atoms with van der Waals surface area (Å²) < 4.78 is 38.0. The summed E-state index contributed by atoms with van der Waals surface area (Å²) in [4.78, 5) is 11.0. The molecule has 0 N–H and O–H groups in total. The zero-order chi connectivity index (χ0) is 14.5. The SMILES string of the molecule is CCCCC(CC)Cn1cc(C(=O)C(F)(F)F)nn1. The van der Waals surface area contributed by atoms with E-state index in [0.717, 1.165) is 31.9 Å². The summed E-state index contributed by atoms with van der Waals surface area (Å²) >= 11 is 0. The number of alkyl halides is 3. The molecule has 1 aromatic rings. The van der Waals surface area contributed by atoms with Gasteiger partial charge in [0.1, 0.15) is 0 Å². The standard InChI is InChI=1S/C12H18F3N3O/c1-3-5-6-9(4-2)7-18-8-10(16-17-18)11(19)12(13,14)15/h8-9H,3-7H2,1-2H3. The van der Waals surface area contributed by atoms with Gasteiger partial charge in [0, 0.05) is 6.54 Å². The van der Waals surface area contributed by atoms with Gasteiger partial charge < -0.3 is 0 Å². The number of ketones is 1. The van der Waals surface area contributed by atoms with Gasteiger partial charge in [0.15, 0.2) is 5.69 Å². The minimum atomic E-state index is -4.90. The number of aromatic nitrogens is 3. The van der Waals surface area contributed by atoms with Crippen LogP contribution in [0.25, 0.3) is 0 Å². The lowest BCUT2D eigenvalue weighted by Crippen LogP contribution is -2.23. The highest BCUT2D eigenvalue weighted by Gasteiger charge is 2.41. The number of unbranched alkanes of at least 4 members (excludes halogenated alkanes) is 1. The van der Waals surface area contributed by atoms with Crippen LogP contribution >= 0.6 is 0 Å². The summed E-state index contributed by atoms with van der Waals surface area (Å²) in [6.45, 7) is 4.61. The molecule has 19 heavy (non-hydrogen) atoms. The van der Waals surface area contributed by atoms with Crippen LogP contribution in [0.3, 0.4) is 0 Å². The number of nitrogens with zero attached hydrogens (tertiary/aromatic N) is 3. The van der Waals surface area contributed by atoms with Gasteiger partial charge in [0.25, 0.3) is 5.78 Å². The molecule has 1 rings (SSSR count). The summed E-state index contributed by atoms with van der Waals surface area (Å²) in [6, 6.07) is 0. The summed E-state index contributed by atoms with van der Waals surface area (Å²) in [6.07, 6.45) is 0.239. The average molecular weight is 277 g/mol. The van der Waals surface area contributed by atoms with E-state index < -0.39 is 17.7 Å². The molecule has 0 aliphatic heterocycles. The Morgan fingerprint density at radius 3 is 2.63 bits per heavy atom. The van der Waals surface area contributed by atoms with Gasteiger partial charge in [-0.2, -0.15) is 13.2 Å². The number of hydrogen-bond donors (Lipinski definition) is 0. The highest BCUT2D eigenvalue weighted by Crippen LogP contribution is 2.20. The molecule has 1 aromatic heterocycles. The Morgan fingerprint density at radius 2 is 2.11 bits per heavy atom. The Bertz CT molecular complexity index is 415. The lowest BCUT2D eigenvalue weighted by molar-refractivity contribution is -0.0888. The first kappa shape index (κ1) is 15.7. The van der Waals surface area contributed by atoms with E-state index in [1.165, 1.54) is 4.68 Å². The molecule has 0 amide bonds. The first-order chi connectivity index (χ1) is 8.88. The second-order valence-corrected chi connectivity index (χ2v) is 4.57. The number of carbonyl (C=O) groups excluding carboxylic acids is 1. The van der Waals surface area contributed by atoms with Crippen LogP contribution in [0.2, 0.25) is 0 Å². The highest BCUT2D eigenvalue weighted by atomic mass is 19.4. The summed E-state index contributed by atoms with van der Waals surface area (Å²) in [5.74, 6) is -1.60. The van der Waals surface area contributed by atoms with Gasteiger partial charge >= 0.3 is 6.18 Å². The van der Waals surface area contributed by atoms with Crippen LogP contribution < -0.4 is 0 Å². The predicted octanol–water partition coefficient (Wildman–Crippen LogP) is 3.24. The molecule has 0 aromatic carbocycles. The molecule has 0 spiro atoms. The molecule has 0 aliphatic carbocycles. The van der Waals surface area contributed by atoms with Gasteiger partial charge in [-0.1, -0.05) is 38.3 Å². The van der Waals surface area contributed by atoms with Gasteiger partial charge in [-0.05, 0) is 12.3 Å². The van der Waals surface area contributed by atoms with E-state index in [-0.39, 0.29) is 0 Å². The Hall–Kier alpha value is -1.40. The fourth-order valence-electron chi connectivity index (χ4n) is 1.82. The van der Waals surface area contributed by atoms with Gasteiger partial charge in [-0.3, -0.25) is 9.48 Å². The second-order valence-electron chi connectivity index (χ2n) is 4.57. The Kier molecular flexibility index (Phi) is 5.50. The van der Waals surface area contributed by atoms with E-state index in [9.17, 15) is 18.0 Å². The van der Waals surface area contributed by atoms with E-state index in [0.29, 0.717) is 12.5 Å². The van der Waals surface area contributed by atoms with Crippen molar-refractivity contribution >= 4 is 5.78 Å². The maximum atomic E-state index is 12.2. The maximum absolute atomic E-state index is 12.2. The second kappa shape index (κ2) is 6.68. The molecule has 0 bridgehead atoms. The van der Waals surface area contributed by atoms with Crippen molar-refractivity contribution in [1.82, 2.24) is 15.0 Å². The molecule has 108 valence electrons. The van der Waals surface area contributed by atoms with Crippen molar-refractivity contribution in [3.63, 3.8) is 0 Å². The largest absolute Gasteiger partial charge is 0.456 e. The smallest absolute Gasteiger partial charge is 0.282 e. The normalized spacial score (nSPS) is 13.5. The Balaban J connectivity index is 2.66. The Labute approximate surface area is 110 Å². The predicted molar refractivity (Wildman–Crippen MR) is 63.7 cm³/mol. The van der Waals surface area contributed by atoms with E-state index in [1.807, 2.05) is 6.92 Å². The van der Waals surface area contributed by atoms with Crippen LogP contribution in [0, 0.1) is 5.92 Å². The van der Waals surface area contributed by atoms with Gasteiger partial charge in [0.05, 0.1) is 6.20 Å². The molecular weight excluding hydrogens is 259 g/mol. The molecule has 7 heteroatoms. The lowest BCUT2D eigenvalue weighted by atomic mass is 9.99. The van der Waals surface area contributed by atoms with Gasteiger partial charge in [-0.15, -0.1) is 5.10 Å². The van der Waals surface area contributed by atoms with Crippen molar-refractivity contribution in [3.05, 3.63) is 11.9 Å². The molecule has 0 fully saturated rings. The third-order valence-corrected chi connectivity index (χ3v) is 3.02. The summed E-state index contributed by atoms with van der Waals surface area (Å²) in [5.41, 5.74) is -0.641. The number of Topliss-reactive ketones (excluding diaryl/α,β-unsaturated/α-hetero) is 1. The quantitative estimate of drug-likeness (QED) is 0.719. The third kappa shape index (κ3) is 4.65. The first-order valence-corrected chi connectivity index (χ1v) is 6.40. The summed E-state index contributed by atoms with van der Waals surface area (Å²) in [7, 11) is 0. The number of halogens is 3. The van der Waals surface area contributed by atoms with Crippen molar-refractivity contribution in [1.29, 1.82) is 0 Å². The average Bonchev–Trinajstić information content (AvgIpc) is 2.80. The van der Waals surface area contributed by atoms with Crippen molar-refractivity contribution in [2.24, 2.45) is 5.92 Å². The monoisotopic (exact) mass is 277 g/mol. The van der Waals surface area contributed by atoms with Crippen LogP contribution in [0.15, 0.2) is 6.20 Å². The topological polar surface area (TPSA) is 47.8 Å². The van der Waals surface area contributed by atoms with Gasteiger partial charge in [0.2, 0.25) is 0 Å². The molecule has 1 heterocycles. The van der Waals surface area contributed by atoms with Crippen LogP contribution in [0.5, 0.6) is 0 Å². The van der Waals surface area contributed by atoms with Crippen molar-refractivity contribution < 1.29 is 18.0 Å². The number of hydrogen-bond acceptors (Lipinski definition) is 3. The summed E-state index contributed by atoms with van der Waals surface area (Å²) in [5, 5.41) is 6.89. The first-order valence-electron chi connectivity index (χ1n) is 6.40. The third-order valence-electron chi connectivity index (χ3n) is 3.02. The van der Waals surface area contributed by atoms with Crippen molar-refractivity contribution in [3.8, 4) is 0 Å². The van der Waals surface area contributed by atoms with Crippen LogP contribution in [-0.2, 0) is 6.54 Å². The van der Waals surface area contributed by atoms with Gasteiger partial charge in [-0.25, -0.2) is 0 Å². The molecule has 1 atom stereocenters. The Morgan fingerprint density at radius 1 is 1.42 bits per heavy atom. The van der Waals surface area contributed by atoms with Crippen LogP contribution in [0.4, 0.5) is 13.2 Å². The number of carbonyl (C=O) groups is 1. The van der Waals surface area contributed by atoms with Crippen molar-refractivity contribution in [2.75, 3.05) is 0 Å². The number of rotatable bonds is 7. The molecule has 0 saturated heterocycles. The molecular formula is C12H18F3N3O. The fourth-order valence-corrected chi connectivity index (χ4v) is 1.82. The molecule has 0 saturated carbocycles. The molecule has 0 aliphatic rings. The lowest BCUT2D eigenvalue weighted by Gasteiger charge is -2.13. The minimum absolute atomic E-state index is 0.343. The molecule has 1 unspecified atom stereocenters. The van der Waals surface area contributed by atoms with E-state index >= 15 is 0 Å². The van der Waals surface area contributed by atoms with E-state index in [2.05, 4.69) is 17.2 Å². The zero-order valence-corrected chi connectivity index (χ0v) is 11.1. The fraction of sp³-hybridized carbons (Fsp3) is 0.750. The van der Waals surface area contributed by atoms with Crippen LogP contribution in [0.1, 0.15) is 50.0 Å². The molecule has 0 radical (unpaired) electrons. The maximum Gasteiger partial charge on any atom is 0.456 e. The van der Waals surface area contributed by atoms with E-state index in [4.69, 9.17) is 0 Å². The van der Waals surface area contributed by atoms with E-state index in [1.54, 1.807) is 0 Å². The highest BCUT2D eigenvalue weighted by molar-refractivity contribution is 5.98.